The van der Waals surface area contributed by atoms with E-state index < -0.39 is 5.82 Å². The molecule has 0 radical (unpaired) electrons. The highest BCUT2D eigenvalue weighted by atomic mass is 19.1. The predicted molar refractivity (Wildman–Crippen MR) is 139 cm³/mol. The summed E-state index contributed by atoms with van der Waals surface area (Å²) < 4.78 is 21.6. The first-order valence-electron chi connectivity index (χ1n) is 12.1. The van der Waals surface area contributed by atoms with Gasteiger partial charge in [-0.25, -0.2) is 19.3 Å². The molecular formula is C26H29FN8O2. The Kier molecular flexibility index (Phi) is 7.24. The summed E-state index contributed by atoms with van der Waals surface area (Å²) >= 11 is 0. The van der Waals surface area contributed by atoms with Crippen LogP contribution in [0.2, 0.25) is 0 Å². The molecule has 3 aromatic heterocycles. The van der Waals surface area contributed by atoms with Gasteiger partial charge in [0.1, 0.15) is 23.2 Å². The van der Waals surface area contributed by atoms with Crippen LogP contribution in [0, 0.1) is 5.82 Å². The average molecular weight is 505 g/mol. The second-order valence-corrected chi connectivity index (χ2v) is 8.86. The van der Waals surface area contributed by atoms with E-state index in [2.05, 4.69) is 30.3 Å². The fourth-order valence-electron chi connectivity index (χ4n) is 4.52. The second-order valence-electron chi connectivity index (χ2n) is 8.86. The summed E-state index contributed by atoms with van der Waals surface area (Å²) in [5, 5.41) is 16.8. The first-order chi connectivity index (χ1) is 18.1. The Labute approximate surface area is 214 Å². The van der Waals surface area contributed by atoms with Gasteiger partial charge in [-0.2, -0.15) is 5.10 Å². The van der Waals surface area contributed by atoms with Crippen molar-refractivity contribution in [2.24, 2.45) is 5.73 Å². The van der Waals surface area contributed by atoms with Gasteiger partial charge in [0.05, 0.1) is 32.0 Å². The summed E-state index contributed by atoms with van der Waals surface area (Å²) in [5.74, 6) is 1.13. The van der Waals surface area contributed by atoms with Crippen LogP contribution in [0.3, 0.4) is 0 Å². The summed E-state index contributed by atoms with van der Waals surface area (Å²) in [6.45, 7) is 2.03. The molecule has 0 saturated carbocycles. The molecule has 1 atom stereocenters. The van der Waals surface area contributed by atoms with Gasteiger partial charge in [-0.1, -0.05) is 6.07 Å². The number of halogens is 1. The van der Waals surface area contributed by atoms with E-state index in [4.69, 9.17) is 10.5 Å². The van der Waals surface area contributed by atoms with Crippen molar-refractivity contribution < 1.29 is 14.2 Å². The molecule has 4 heterocycles. The van der Waals surface area contributed by atoms with Crippen molar-refractivity contribution in [3.63, 3.8) is 0 Å². The lowest BCUT2D eigenvalue weighted by molar-refractivity contribution is 0.269. The Morgan fingerprint density at radius 3 is 2.92 bits per heavy atom. The highest BCUT2D eigenvalue weighted by molar-refractivity contribution is 5.80. The molecule has 1 fully saturated rings. The average Bonchev–Trinajstić information content (AvgIpc) is 3.37. The van der Waals surface area contributed by atoms with Gasteiger partial charge in [-0.05, 0) is 31.0 Å². The van der Waals surface area contributed by atoms with E-state index in [9.17, 15) is 9.50 Å². The third kappa shape index (κ3) is 5.37. The summed E-state index contributed by atoms with van der Waals surface area (Å²) in [4.78, 5) is 15.6. The summed E-state index contributed by atoms with van der Waals surface area (Å²) in [7, 11) is 1.48. The van der Waals surface area contributed by atoms with Gasteiger partial charge in [0.2, 0.25) is 0 Å². The minimum atomic E-state index is -0.468. The number of pyridine rings is 1. The lowest BCUT2D eigenvalue weighted by Crippen LogP contribution is -2.43. The van der Waals surface area contributed by atoms with E-state index in [0.717, 1.165) is 42.7 Å². The molecule has 1 aliphatic heterocycles. The smallest absolute Gasteiger partial charge is 0.168 e. The van der Waals surface area contributed by atoms with Gasteiger partial charge in [0.15, 0.2) is 5.82 Å². The number of hydrogen-bond donors (Lipinski definition) is 3. The van der Waals surface area contributed by atoms with Crippen LogP contribution in [0.25, 0.3) is 22.5 Å². The largest absolute Gasteiger partial charge is 0.496 e. The number of nitrogens with two attached hydrogens (primary N) is 1. The highest BCUT2D eigenvalue weighted by Gasteiger charge is 2.22. The molecule has 192 valence electrons. The number of nitrogens with zero attached hydrogens (tertiary/aromatic N) is 6. The number of hydrogen-bond acceptors (Lipinski definition) is 9. The van der Waals surface area contributed by atoms with Crippen molar-refractivity contribution in [3.05, 3.63) is 60.9 Å². The highest BCUT2D eigenvalue weighted by Crippen LogP contribution is 2.35. The number of aliphatic hydroxyl groups is 1. The molecule has 10 nitrogen and oxygen atoms in total. The van der Waals surface area contributed by atoms with E-state index in [1.54, 1.807) is 41.5 Å². The van der Waals surface area contributed by atoms with Crippen LogP contribution in [-0.2, 0) is 6.54 Å². The Balaban J connectivity index is 1.49. The molecular weight excluding hydrogens is 475 g/mol. The third-order valence-electron chi connectivity index (χ3n) is 6.28. The van der Waals surface area contributed by atoms with Crippen molar-refractivity contribution in [2.45, 2.75) is 25.4 Å². The molecule has 0 aliphatic carbocycles. The summed E-state index contributed by atoms with van der Waals surface area (Å²) in [6, 6.07) is 8.33. The van der Waals surface area contributed by atoms with Crippen LogP contribution >= 0.6 is 0 Å². The Hall–Kier alpha value is -4.09. The quantitative estimate of drug-likeness (QED) is 0.331. The monoisotopic (exact) mass is 504 g/mol. The van der Waals surface area contributed by atoms with Crippen LogP contribution < -0.4 is 20.7 Å². The fraction of sp³-hybridized carbons (Fsp3) is 0.308. The lowest BCUT2D eigenvalue weighted by atomic mass is 10.0. The van der Waals surface area contributed by atoms with Crippen LogP contribution in [0.5, 0.6) is 5.75 Å². The van der Waals surface area contributed by atoms with Crippen molar-refractivity contribution in [2.75, 3.05) is 37.0 Å². The zero-order valence-electron chi connectivity index (χ0n) is 20.5. The number of aliphatic hydroxyl groups excluding tert-OH is 1. The van der Waals surface area contributed by atoms with Gasteiger partial charge in [-0.15, -0.1) is 0 Å². The van der Waals surface area contributed by atoms with Gasteiger partial charge in [0, 0.05) is 60.6 Å². The normalized spacial score (nSPS) is 15.6. The van der Waals surface area contributed by atoms with Crippen LogP contribution in [0.4, 0.5) is 21.7 Å². The first kappa shape index (κ1) is 24.6. The van der Waals surface area contributed by atoms with Crippen molar-refractivity contribution >= 4 is 17.3 Å². The number of nitrogens with one attached hydrogen (secondary N) is 1. The Bertz CT molecular complexity index is 1380. The molecule has 0 unspecified atom stereocenters. The van der Waals surface area contributed by atoms with E-state index >= 15 is 0 Å². The molecule has 0 spiro atoms. The van der Waals surface area contributed by atoms with E-state index in [1.807, 2.05) is 12.3 Å². The molecule has 5 rings (SSSR count). The van der Waals surface area contributed by atoms with Gasteiger partial charge >= 0.3 is 0 Å². The Morgan fingerprint density at radius 1 is 1.22 bits per heavy atom. The lowest BCUT2D eigenvalue weighted by Gasteiger charge is -2.34. The zero-order chi connectivity index (χ0) is 25.8. The number of piperidine rings is 1. The predicted octanol–water partition coefficient (Wildman–Crippen LogP) is 3.21. The van der Waals surface area contributed by atoms with Gasteiger partial charge < -0.3 is 25.8 Å². The number of aromatic nitrogens is 5. The van der Waals surface area contributed by atoms with Crippen molar-refractivity contribution in [1.29, 1.82) is 0 Å². The molecule has 4 aromatic rings. The van der Waals surface area contributed by atoms with Crippen molar-refractivity contribution in [1.82, 2.24) is 24.7 Å². The van der Waals surface area contributed by atoms with Crippen molar-refractivity contribution in [3.8, 4) is 28.3 Å². The summed E-state index contributed by atoms with van der Waals surface area (Å²) in [6.07, 6.45) is 9.00. The van der Waals surface area contributed by atoms with Gasteiger partial charge in [0.25, 0.3) is 0 Å². The number of ether oxygens (including phenoxy) is 1. The van der Waals surface area contributed by atoms with E-state index in [-0.39, 0.29) is 24.0 Å². The topological polar surface area (TPSA) is 127 Å². The second kappa shape index (κ2) is 10.9. The molecule has 4 N–H and O–H groups in total. The maximum atomic E-state index is 14.6. The summed E-state index contributed by atoms with van der Waals surface area (Å²) in [5.41, 5.74) is 9.28. The van der Waals surface area contributed by atoms with E-state index in [0.29, 0.717) is 23.9 Å². The SMILES string of the molecule is COc1cccc(F)c1-c1nccc(Nc2cc(N3CCC[C@H](N)C3)c(-c3cnn(CCO)c3)cn2)n1. The zero-order valence-corrected chi connectivity index (χ0v) is 20.5. The van der Waals surface area contributed by atoms with Crippen LogP contribution in [0.1, 0.15) is 12.8 Å². The molecule has 0 amide bonds. The molecule has 37 heavy (non-hydrogen) atoms. The number of methoxy groups -OCH3 is 1. The van der Waals surface area contributed by atoms with Gasteiger partial charge in [-0.3, -0.25) is 4.68 Å². The molecule has 1 saturated heterocycles. The third-order valence-corrected chi connectivity index (χ3v) is 6.28. The molecule has 11 heteroatoms. The van der Waals surface area contributed by atoms with E-state index in [1.165, 1.54) is 13.2 Å². The minimum Gasteiger partial charge on any atom is -0.496 e. The maximum absolute atomic E-state index is 14.6. The molecule has 1 aliphatic rings. The first-order valence-corrected chi connectivity index (χ1v) is 12.1. The number of anilines is 3. The standard InChI is InChI=1S/C26H29FN8O2/c1-37-22-6-2-5-20(27)25(22)26-29-8-7-23(33-26)32-24-12-21(34-9-3-4-18(28)16-34)19(14-30-24)17-13-31-35(15-17)10-11-36/h2,5-8,12-15,18,36H,3-4,9-11,16,28H2,1H3,(H,29,30,32,33)/t18-/m0/s1. The van der Waals surface area contributed by atoms with Crippen LogP contribution in [-0.4, -0.2) is 62.7 Å². The molecule has 1 aromatic carbocycles. The fourth-order valence-corrected chi connectivity index (χ4v) is 4.52. The maximum Gasteiger partial charge on any atom is 0.168 e. The molecule has 0 bridgehead atoms. The van der Waals surface area contributed by atoms with Crippen LogP contribution in [0.15, 0.2) is 55.1 Å². The number of rotatable bonds is 8. The minimum absolute atomic E-state index is 0.00966. The number of benzene rings is 1. The Morgan fingerprint density at radius 2 is 2.11 bits per heavy atom.